The van der Waals surface area contributed by atoms with E-state index in [9.17, 15) is 4.79 Å². The summed E-state index contributed by atoms with van der Waals surface area (Å²) < 4.78 is 0. The van der Waals surface area contributed by atoms with Crippen LogP contribution in [0.5, 0.6) is 0 Å². The minimum atomic E-state index is 0.104. The summed E-state index contributed by atoms with van der Waals surface area (Å²) in [5.41, 5.74) is 4.55. The highest BCUT2D eigenvalue weighted by Gasteiger charge is 2.29. The maximum absolute atomic E-state index is 12.1. The number of H-pyrrole nitrogens is 1. The van der Waals surface area contributed by atoms with Crippen molar-refractivity contribution in [3.63, 3.8) is 0 Å². The zero-order valence-corrected chi connectivity index (χ0v) is 18.0. The molecule has 0 atom stereocenters. The fraction of sp³-hybridized carbons (Fsp3) is 0.273. The van der Waals surface area contributed by atoms with Crippen molar-refractivity contribution in [3.05, 3.63) is 42.6 Å². The minimum absolute atomic E-state index is 0.104. The highest BCUT2D eigenvalue weighted by atomic mass is 32.2. The number of nitrogens with zero attached hydrogens (tertiary/aromatic N) is 2. The van der Waals surface area contributed by atoms with Crippen LogP contribution < -0.4 is 10.6 Å². The summed E-state index contributed by atoms with van der Waals surface area (Å²) in [6.07, 6.45) is 6.49. The molecule has 3 N–H and O–H groups in total. The summed E-state index contributed by atoms with van der Waals surface area (Å²) in [5.74, 6) is 1.07. The highest BCUT2D eigenvalue weighted by Crippen LogP contribution is 2.34. The molecule has 0 spiro atoms. The zero-order valence-electron chi connectivity index (χ0n) is 17.2. The fourth-order valence-corrected chi connectivity index (χ4v) is 3.31. The van der Waals surface area contributed by atoms with E-state index in [2.05, 4.69) is 20.6 Å². The second-order valence-electron chi connectivity index (χ2n) is 6.73. The number of carbonyl (C=O) groups is 2. The second kappa shape index (κ2) is 10.1. The number of hydrogen-bond acceptors (Lipinski definition) is 6. The first-order valence-electron chi connectivity index (χ1n) is 9.68. The third-order valence-corrected chi connectivity index (χ3v) is 5.11. The van der Waals surface area contributed by atoms with Gasteiger partial charge in [0.2, 0.25) is 5.91 Å². The number of pyridine rings is 1. The van der Waals surface area contributed by atoms with E-state index in [1.54, 1.807) is 18.0 Å². The van der Waals surface area contributed by atoms with Crippen LogP contribution in [0.4, 0.5) is 11.5 Å². The van der Waals surface area contributed by atoms with Crippen molar-refractivity contribution in [1.82, 2.24) is 15.0 Å². The maximum atomic E-state index is 12.1. The first-order chi connectivity index (χ1) is 14.6. The van der Waals surface area contributed by atoms with Gasteiger partial charge in [-0.2, -0.15) is 0 Å². The van der Waals surface area contributed by atoms with E-state index in [1.807, 2.05) is 49.7 Å². The van der Waals surface area contributed by atoms with Crippen LogP contribution in [0.1, 0.15) is 19.8 Å². The number of anilines is 2. The van der Waals surface area contributed by atoms with Crippen molar-refractivity contribution >= 4 is 35.5 Å². The summed E-state index contributed by atoms with van der Waals surface area (Å²) in [7, 11) is 1.85. The Morgan fingerprint density at radius 1 is 1.23 bits per heavy atom. The molecule has 8 heteroatoms. The van der Waals surface area contributed by atoms with E-state index >= 15 is 0 Å². The van der Waals surface area contributed by atoms with Gasteiger partial charge in [0.15, 0.2) is 5.16 Å². The smallest absolute Gasteiger partial charge is 0.227 e. The van der Waals surface area contributed by atoms with Crippen molar-refractivity contribution in [3.8, 4) is 22.5 Å². The number of benzene rings is 1. The predicted molar refractivity (Wildman–Crippen MR) is 122 cm³/mol. The van der Waals surface area contributed by atoms with Crippen molar-refractivity contribution in [2.75, 3.05) is 23.9 Å². The van der Waals surface area contributed by atoms with E-state index in [1.165, 1.54) is 6.92 Å². The number of nitrogens with one attached hydrogen (secondary N) is 3. The molecule has 2 aromatic heterocycles. The summed E-state index contributed by atoms with van der Waals surface area (Å²) in [5, 5.41) is 6.92. The second-order valence-corrected chi connectivity index (χ2v) is 7.52. The van der Waals surface area contributed by atoms with E-state index in [4.69, 9.17) is 9.78 Å². The first kappa shape index (κ1) is 21.6. The Labute approximate surface area is 180 Å². The average Bonchev–Trinajstić information content (AvgIpc) is 3.53. The van der Waals surface area contributed by atoms with Crippen LogP contribution in [0.3, 0.4) is 0 Å². The lowest BCUT2D eigenvalue weighted by atomic mass is 10.1. The number of imidazole rings is 1. The molecule has 1 saturated carbocycles. The number of aromatic amines is 1. The lowest BCUT2D eigenvalue weighted by Crippen LogP contribution is -2.13. The molecule has 0 radical (unpaired) electrons. The Kier molecular flexibility index (Phi) is 7.24. The minimum Gasteiger partial charge on any atom is -0.373 e. The van der Waals surface area contributed by atoms with Crippen LogP contribution in [0.2, 0.25) is 0 Å². The molecule has 2 heterocycles. The van der Waals surface area contributed by atoms with Crippen LogP contribution in [0, 0.1) is 5.92 Å². The van der Waals surface area contributed by atoms with Crippen molar-refractivity contribution < 1.29 is 9.59 Å². The standard InChI is InChI=1S/C20H21N5OS.C2H4O/c1-21-16-11-14(8-9-22-16)18-17(24-20(25-18)27-2)13-4-3-5-15(10-13)23-19(26)12-6-7-12;1-2-3/h3-5,8-12H,6-7H2,1-2H3,(H,21,22)(H,23,26)(H,24,25);2H,1H3. The predicted octanol–water partition coefficient (Wildman–Crippen LogP) is 4.46. The Balaban J connectivity index is 0.000000806. The van der Waals surface area contributed by atoms with Gasteiger partial charge < -0.3 is 20.4 Å². The average molecular weight is 424 g/mol. The van der Waals surface area contributed by atoms with E-state index in [0.29, 0.717) is 0 Å². The summed E-state index contributed by atoms with van der Waals surface area (Å²) in [4.78, 5) is 33.3. The number of rotatable bonds is 6. The lowest BCUT2D eigenvalue weighted by Gasteiger charge is -2.08. The van der Waals surface area contributed by atoms with Gasteiger partial charge in [0.25, 0.3) is 0 Å². The third-order valence-electron chi connectivity index (χ3n) is 4.53. The maximum Gasteiger partial charge on any atom is 0.227 e. The normalized spacial score (nSPS) is 12.5. The number of aromatic nitrogens is 3. The zero-order chi connectivity index (χ0) is 21.5. The molecule has 4 rings (SSSR count). The molecule has 30 heavy (non-hydrogen) atoms. The van der Waals surface area contributed by atoms with Gasteiger partial charge in [0, 0.05) is 36.0 Å². The molecule has 1 aliphatic carbocycles. The van der Waals surface area contributed by atoms with Crippen molar-refractivity contribution in [1.29, 1.82) is 0 Å². The van der Waals surface area contributed by atoms with Gasteiger partial charge in [0.05, 0.1) is 11.4 Å². The van der Waals surface area contributed by atoms with Gasteiger partial charge in [-0.1, -0.05) is 23.9 Å². The summed E-state index contributed by atoms with van der Waals surface area (Å²) in [6.45, 7) is 1.44. The van der Waals surface area contributed by atoms with Gasteiger partial charge in [-0.15, -0.1) is 0 Å². The first-order valence-corrected chi connectivity index (χ1v) is 10.9. The SMILES string of the molecule is CC=O.CNc1cc(-c2[nH]c(SC)nc2-c2cccc(NC(=O)C3CC3)c2)ccn1. The van der Waals surface area contributed by atoms with Gasteiger partial charge in [0.1, 0.15) is 12.1 Å². The Hall–Kier alpha value is -3.13. The Morgan fingerprint density at radius 3 is 2.67 bits per heavy atom. The number of amides is 1. The monoisotopic (exact) mass is 423 g/mol. The number of hydrogen-bond donors (Lipinski definition) is 3. The topological polar surface area (TPSA) is 99.8 Å². The molecule has 1 amide bonds. The van der Waals surface area contributed by atoms with Gasteiger partial charge in [-0.3, -0.25) is 4.79 Å². The summed E-state index contributed by atoms with van der Waals surface area (Å²) >= 11 is 1.56. The quantitative estimate of drug-likeness (QED) is 0.400. The van der Waals surface area contributed by atoms with Crippen LogP contribution in [0.15, 0.2) is 47.8 Å². The van der Waals surface area contributed by atoms with Gasteiger partial charge in [-0.05, 0) is 50.3 Å². The van der Waals surface area contributed by atoms with E-state index in [-0.39, 0.29) is 11.8 Å². The summed E-state index contributed by atoms with van der Waals surface area (Å²) in [6, 6.07) is 11.8. The number of aldehydes is 1. The molecular weight excluding hydrogens is 398 g/mol. The molecule has 3 aromatic rings. The third kappa shape index (κ3) is 5.27. The van der Waals surface area contributed by atoms with Gasteiger partial charge >= 0.3 is 0 Å². The molecule has 1 aliphatic rings. The van der Waals surface area contributed by atoms with Crippen LogP contribution >= 0.6 is 11.8 Å². The molecule has 0 bridgehead atoms. The number of thioether (sulfide) groups is 1. The highest BCUT2D eigenvalue weighted by molar-refractivity contribution is 7.98. The molecule has 0 unspecified atom stereocenters. The number of carbonyl (C=O) groups excluding carboxylic acids is 2. The molecule has 7 nitrogen and oxygen atoms in total. The lowest BCUT2D eigenvalue weighted by molar-refractivity contribution is -0.117. The molecular formula is C22H25N5O2S. The molecule has 1 fully saturated rings. The Bertz CT molecular complexity index is 1030. The van der Waals surface area contributed by atoms with Crippen LogP contribution in [-0.4, -0.2) is 40.4 Å². The fourth-order valence-electron chi connectivity index (χ4n) is 2.92. The molecule has 0 saturated heterocycles. The van der Waals surface area contributed by atoms with Crippen LogP contribution in [0.25, 0.3) is 22.5 Å². The largest absolute Gasteiger partial charge is 0.373 e. The Morgan fingerprint density at radius 2 is 2.00 bits per heavy atom. The molecule has 0 aliphatic heterocycles. The molecule has 1 aromatic carbocycles. The van der Waals surface area contributed by atoms with Crippen molar-refractivity contribution in [2.24, 2.45) is 5.92 Å². The van der Waals surface area contributed by atoms with E-state index in [0.717, 1.165) is 58.3 Å². The molecule has 156 valence electrons. The van der Waals surface area contributed by atoms with Gasteiger partial charge in [-0.25, -0.2) is 9.97 Å². The van der Waals surface area contributed by atoms with Crippen molar-refractivity contribution in [2.45, 2.75) is 24.9 Å². The van der Waals surface area contributed by atoms with E-state index < -0.39 is 0 Å². The van der Waals surface area contributed by atoms with Crippen LogP contribution in [-0.2, 0) is 9.59 Å².